The van der Waals surface area contributed by atoms with Crippen LogP contribution in [0.25, 0.3) is 0 Å². The molecule has 0 saturated carbocycles. The molecule has 0 radical (unpaired) electrons. The summed E-state index contributed by atoms with van der Waals surface area (Å²) in [6.45, 7) is 7.32. The maximum Gasteiger partial charge on any atom is 0.185 e. The van der Waals surface area contributed by atoms with E-state index in [0.717, 1.165) is 11.7 Å². The third-order valence-electron chi connectivity index (χ3n) is 3.90. The van der Waals surface area contributed by atoms with Crippen LogP contribution < -0.4 is 10.6 Å². The number of hydrogen-bond acceptors (Lipinski definition) is 5. The van der Waals surface area contributed by atoms with E-state index in [2.05, 4.69) is 37.7 Å². The Morgan fingerprint density at radius 1 is 1.53 bits per heavy atom. The van der Waals surface area contributed by atoms with E-state index in [9.17, 15) is 0 Å². The Morgan fingerprint density at radius 3 is 2.79 bits per heavy atom. The minimum Gasteiger partial charge on any atom is -0.347 e. The zero-order valence-electron chi connectivity index (χ0n) is 12.5. The minimum atomic E-state index is 0.450. The normalized spacial score (nSPS) is 21.1. The number of likely N-dealkylation sites (N-methyl/N-ethyl adjacent to an activating group) is 2. The van der Waals surface area contributed by atoms with E-state index in [-0.39, 0.29) is 0 Å². The van der Waals surface area contributed by atoms with Crippen molar-refractivity contribution < 1.29 is 0 Å². The van der Waals surface area contributed by atoms with Gasteiger partial charge in [-0.1, -0.05) is 13.8 Å². The van der Waals surface area contributed by atoms with Gasteiger partial charge >= 0.3 is 0 Å². The molecule has 1 atom stereocenters. The minimum absolute atomic E-state index is 0.450. The number of piperidine rings is 1. The molecule has 2 N–H and O–H groups in total. The molecule has 0 aliphatic carbocycles. The van der Waals surface area contributed by atoms with Gasteiger partial charge in [-0.3, -0.25) is 0 Å². The average molecular weight is 282 g/mol. The van der Waals surface area contributed by atoms with Crippen LogP contribution in [0.4, 0.5) is 5.13 Å². The maximum absolute atomic E-state index is 5.85. The standard InChI is InChI=1S/C14H26N4S/c1-10(2)13-12(8-15)19-14(16-13)18(4)11-6-5-7-17(3)9-11/h10-11H,5-9,15H2,1-4H3. The van der Waals surface area contributed by atoms with E-state index in [0.29, 0.717) is 18.5 Å². The Bertz CT molecular complexity index is 416. The zero-order chi connectivity index (χ0) is 14.0. The third-order valence-corrected chi connectivity index (χ3v) is 5.08. The van der Waals surface area contributed by atoms with Crippen molar-refractivity contribution in [2.45, 2.75) is 45.2 Å². The van der Waals surface area contributed by atoms with Crippen LogP contribution in [-0.4, -0.2) is 43.1 Å². The second-order valence-corrected chi connectivity index (χ2v) is 6.89. The van der Waals surface area contributed by atoms with Crippen molar-refractivity contribution in [3.63, 3.8) is 0 Å². The monoisotopic (exact) mass is 282 g/mol. The van der Waals surface area contributed by atoms with Gasteiger partial charge in [-0.2, -0.15) is 0 Å². The van der Waals surface area contributed by atoms with E-state index in [1.54, 1.807) is 11.3 Å². The number of rotatable bonds is 4. The quantitative estimate of drug-likeness (QED) is 0.920. The third kappa shape index (κ3) is 3.27. The van der Waals surface area contributed by atoms with Gasteiger partial charge < -0.3 is 15.5 Å². The van der Waals surface area contributed by atoms with Crippen molar-refractivity contribution in [1.29, 1.82) is 0 Å². The molecule has 1 unspecified atom stereocenters. The lowest BCUT2D eigenvalue weighted by atomic mass is 10.1. The summed E-state index contributed by atoms with van der Waals surface area (Å²) >= 11 is 1.76. The van der Waals surface area contributed by atoms with Crippen LogP contribution in [0.3, 0.4) is 0 Å². The lowest BCUT2D eigenvalue weighted by Gasteiger charge is -2.35. The summed E-state index contributed by atoms with van der Waals surface area (Å²) in [4.78, 5) is 10.8. The van der Waals surface area contributed by atoms with E-state index < -0.39 is 0 Å². The van der Waals surface area contributed by atoms with Gasteiger partial charge in [-0.05, 0) is 32.4 Å². The molecule has 0 aromatic carbocycles. The highest BCUT2D eigenvalue weighted by Crippen LogP contribution is 2.31. The highest BCUT2D eigenvalue weighted by Gasteiger charge is 2.24. The average Bonchev–Trinajstić information content (AvgIpc) is 2.82. The summed E-state index contributed by atoms with van der Waals surface area (Å²) in [5.41, 5.74) is 7.03. The second kappa shape index (κ2) is 6.20. The number of anilines is 1. The molecule has 1 fully saturated rings. The first kappa shape index (κ1) is 14.8. The Morgan fingerprint density at radius 2 is 2.26 bits per heavy atom. The van der Waals surface area contributed by atoms with Crippen LogP contribution in [-0.2, 0) is 6.54 Å². The number of hydrogen-bond donors (Lipinski definition) is 1. The predicted molar refractivity (Wildman–Crippen MR) is 83.0 cm³/mol. The second-order valence-electron chi connectivity index (χ2n) is 5.83. The van der Waals surface area contributed by atoms with Crippen molar-refractivity contribution >= 4 is 16.5 Å². The Kier molecular flexibility index (Phi) is 4.81. The van der Waals surface area contributed by atoms with E-state index in [1.165, 1.54) is 30.0 Å². The van der Waals surface area contributed by atoms with Gasteiger partial charge in [0.25, 0.3) is 0 Å². The molecule has 1 aromatic rings. The fourth-order valence-electron chi connectivity index (χ4n) is 2.71. The van der Waals surface area contributed by atoms with Crippen LogP contribution in [0.5, 0.6) is 0 Å². The molecule has 1 aromatic heterocycles. The van der Waals surface area contributed by atoms with E-state index in [4.69, 9.17) is 10.7 Å². The SMILES string of the molecule is CC(C)c1nc(N(C)C2CCCN(C)C2)sc1CN. The molecule has 108 valence electrons. The predicted octanol–water partition coefficient (Wildman–Crippen LogP) is 2.26. The van der Waals surface area contributed by atoms with Gasteiger partial charge in [-0.25, -0.2) is 4.98 Å². The van der Waals surface area contributed by atoms with Gasteiger partial charge in [0, 0.05) is 31.1 Å². The van der Waals surface area contributed by atoms with Crippen LogP contribution >= 0.6 is 11.3 Å². The molecule has 5 heteroatoms. The lowest BCUT2D eigenvalue weighted by molar-refractivity contribution is 0.248. The first-order chi connectivity index (χ1) is 9.02. The molecule has 1 aliphatic rings. The summed E-state index contributed by atoms with van der Waals surface area (Å²) in [5.74, 6) is 0.450. The lowest BCUT2D eigenvalue weighted by Crippen LogP contribution is -2.45. The molecule has 0 amide bonds. The van der Waals surface area contributed by atoms with Crippen molar-refractivity contribution in [3.05, 3.63) is 10.6 Å². The molecule has 1 aliphatic heterocycles. The fourth-order valence-corrected chi connectivity index (χ4v) is 3.84. The summed E-state index contributed by atoms with van der Waals surface area (Å²) in [6.07, 6.45) is 2.53. The maximum atomic E-state index is 5.85. The fraction of sp³-hybridized carbons (Fsp3) is 0.786. The van der Waals surface area contributed by atoms with Gasteiger partial charge in [0.2, 0.25) is 0 Å². The first-order valence-electron chi connectivity index (χ1n) is 7.14. The Balaban J connectivity index is 2.16. The van der Waals surface area contributed by atoms with Gasteiger partial charge in [0.05, 0.1) is 5.69 Å². The number of aromatic nitrogens is 1. The molecule has 1 saturated heterocycles. The van der Waals surface area contributed by atoms with Crippen LogP contribution in [0.2, 0.25) is 0 Å². The van der Waals surface area contributed by atoms with Gasteiger partial charge in [-0.15, -0.1) is 11.3 Å². The van der Waals surface area contributed by atoms with E-state index >= 15 is 0 Å². The molecular weight excluding hydrogens is 256 g/mol. The number of nitrogens with zero attached hydrogens (tertiary/aromatic N) is 3. The van der Waals surface area contributed by atoms with Gasteiger partial charge in [0.1, 0.15) is 0 Å². The van der Waals surface area contributed by atoms with Gasteiger partial charge in [0.15, 0.2) is 5.13 Å². The Labute approximate surface area is 120 Å². The smallest absolute Gasteiger partial charge is 0.185 e. The molecule has 2 heterocycles. The summed E-state index contributed by atoms with van der Waals surface area (Å²) in [7, 11) is 4.37. The molecular formula is C14H26N4S. The summed E-state index contributed by atoms with van der Waals surface area (Å²) < 4.78 is 0. The van der Waals surface area contributed by atoms with Crippen molar-refractivity contribution in [2.75, 3.05) is 32.1 Å². The molecule has 2 rings (SSSR count). The van der Waals surface area contributed by atoms with Crippen molar-refractivity contribution in [3.8, 4) is 0 Å². The molecule has 0 spiro atoms. The molecule has 0 bridgehead atoms. The summed E-state index contributed by atoms with van der Waals surface area (Å²) in [5, 5.41) is 1.13. The van der Waals surface area contributed by atoms with Crippen molar-refractivity contribution in [1.82, 2.24) is 9.88 Å². The number of likely N-dealkylation sites (tertiary alicyclic amines) is 1. The largest absolute Gasteiger partial charge is 0.347 e. The first-order valence-corrected chi connectivity index (χ1v) is 7.95. The van der Waals surface area contributed by atoms with Crippen LogP contribution in [0.15, 0.2) is 0 Å². The van der Waals surface area contributed by atoms with E-state index in [1.807, 2.05) is 0 Å². The van der Waals surface area contributed by atoms with Crippen LogP contribution in [0.1, 0.15) is 43.2 Å². The zero-order valence-corrected chi connectivity index (χ0v) is 13.3. The number of thiazole rings is 1. The van der Waals surface area contributed by atoms with Crippen LogP contribution in [0, 0.1) is 0 Å². The molecule has 4 nitrogen and oxygen atoms in total. The molecule has 19 heavy (non-hydrogen) atoms. The highest BCUT2D eigenvalue weighted by atomic mass is 32.1. The highest BCUT2D eigenvalue weighted by molar-refractivity contribution is 7.15. The topological polar surface area (TPSA) is 45.4 Å². The number of nitrogens with two attached hydrogens (primary N) is 1. The summed E-state index contributed by atoms with van der Waals surface area (Å²) in [6, 6.07) is 0.579. The van der Waals surface area contributed by atoms with Crippen molar-refractivity contribution in [2.24, 2.45) is 5.73 Å². The Hall–Kier alpha value is -0.650.